The number of H-pyrrole nitrogens is 1. The Hall–Kier alpha value is -1.40. The van der Waals surface area contributed by atoms with Crippen LogP contribution in [-0.4, -0.2) is 27.9 Å². The molecule has 2 N–H and O–H groups in total. The van der Waals surface area contributed by atoms with Crippen LogP contribution in [0.3, 0.4) is 0 Å². The number of ether oxygens (including phenoxy) is 1. The highest BCUT2D eigenvalue weighted by atomic mass is 79.9. The first kappa shape index (κ1) is 12.1. The maximum absolute atomic E-state index is 11.5. The van der Waals surface area contributed by atoms with Gasteiger partial charge < -0.3 is 9.84 Å². The van der Waals surface area contributed by atoms with Crippen molar-refractivity contribution in [2.24, 2.45) is 0 Å². The highest BCUT2D eigenvalue weighted by Crippen LogP contribution is 2.29. The summed E-state index contributed by atoms with van der Waals surface area (Å²) in [7, 11) is 0. The Kier molecular flexibility index (Phi) is 3.44. The smallest absolute Gasteiger partial charge is 0.339 e. The molecular weight excluding hydrogens is 288 g/mol. The predicted molar refractivity (Wildman–Crippen MR) is 65.4 cm³/mol. The molecule has 0 saturated carbocycles. The number of aliphatic hydroxyl groups is 1. The molecule has 6 heteroatoms. The van der Waals surface area contributed by atoms with E-state index >= 15 is 0 Å². The summed E-state index contributed by atoms with van der Waals surface area (Å²) < 4.78 is 5.42. The van der Waals surface area contributed by atoms with Crippen LogP contribution < -0.4 is 0 Å². The van der Waals surface area contributed by atoms with E-state index in [0.29, 0.717) is 21.1 Å². The van der Waals surface area contributed by atoms with Crippen LogP contribution in [0.4, 0.5) is 0 Å². The normalized spacial score (nSPS) is 12.6. The van der Waals surface area contributed by atoms with Crippen molar-refractivity contribution in [2.45, 2.75) is 13.0 Å². The number of nitrogens with zero attached hydrogens (tertiary/aromatic N) is 1. The number of hydrogen-bond acceptors (Lipinski definition) is 4. The Balaban J connectivity index is 2.47. The second-order valence-corrected chi connectivity index (χ2v) is 4.23. The van der Waals surface area contributed by atoms with Gasteiger partial charge in [-0.05, 0) is 28.9 Å². The number of aliphatic hydroxyl groups excluding tert-OH is 1. The average molecular weight is 299 g/mol. The molecular formula is C11H11BrN2O3. The lowest BCUT2D eigenvalue weighted by atomic mass is 10.1. The molecule has 1 heterocycles. The largest absolute Gasteiger partial charge is 0.464 e. The van der Waals surface area contributed by atoms with E-state index in [0.717, 1.165) is 0 Å². The number of aromatic nitrogens is 2. The first-order valence-electron chi connectivity index (χ1n) is 5.12. The molecule has 0 radical (unpaired) electrons. The summed E-state index contributed by atoms with van der Waals surface area (Å²) >= 11 is 3.29. The summed E-state index contributed by atoms with van der Waals surface area (Å²) in [6.07, 6.45) is -1.30. The molecule has 0 bridgehead atoms. The Morgan fingerprint density at radius 1 is 1.65 bits per heavy atom. The molecule has 1 aromatic carbocycles. The van der Waals surface area contributed by atoms with Crippen molar-refractivity contribution in [3.63, 3.8) is 0 Å². The maximum Gasteiger partial charge on any atom is 0.339 e. The van der Waals surface area contributed by atoms with Gasteiger partial charge in [-0.15, -0.1) is 0 Å². The van der Waals surface area contributed by atoms with E-state index in [-0.39, 0.29) is 6.61 Å². The zero-order chi connectivity index (χ0) is 12.4. The van der Waals surface area contributed by atoms with Gasteiger partial charge in [-0.1, -0.05) is 12.1 Å². The van der Waals surface area contributed by atoms with E-state index in [2.05, 4.69) is 26.1 Å². The number of carbonyl (C=O) groups excluding carboxylic acids is 1. The van der Waals surface area contributed by atoms with Crippen LogP contribution in [0, 0.1) is 0 Å². The predicted octanol–water partition coefficient (Wildman–Crippen LogP) is 1.92. The summed E-state index contributed by atoms with van der Waals surface area (Å²) in [6.45, 7) is 1.93. The lowest BCUT2D eigenvalue weighted by Gasteiger charge is -2.10. The van der Waals surface area contributed by atoms with Gasteiger partial charge in [0.05, 0.1) is 12.1 Å². The van der Waals surface area contributed by atoms with Crippen molar-refractivity contribution in [3.8, 4) is 0 Å². The minimum absolute atomic E-state index is 0.235. The second-order valence-electron chi connectivity index (χ2n) is 3.43. The molecule has 1 atom stereocenters. The molecule has 0 spiro atoms. The third-order valence-corrected chi connectivity index (χ3v) is 2.95. The fourth-order valence-electron chi connectivity index (χ4n) is 1.63. The van der Waals surface area contributed by atoms with Gasteiger partial charge in [0.25, 0.3) is 0 Å². The minimum Gasteiger partial charge on any atom is -0.464 e. The quantitative estimate of drug-likeness (QED) is 0.849. The topological polar surface area (TPSA) is 75.2 Å². The third kappa shape index (κ3) is 2.18. The molecule has 0 aliphatic carbocycles. The summed E-state index contributed by atoms with van der Waals surface area (Å²) in [4.78, 5) is 11.5. The summed E-state index contributed by atoms with van der Waals surface area (Å²) in [6, 6.07) is 5.19. The van der Waals surface area contributed by atoms with Crippen molar-refractivity contribution >= 4 is 32.8 Å². The van der Waals surface area contributed by atoms with Gasteiger partial charge in [-0.25, -0.2) is 4.79 Å². The van der Waals surface area contributed by atoms with Gasteiger partial charge in [0, 0.05) is 10.9 Å². The van der Waals surface area contributed by atoms with Crippen molar-refractivity contribution in [2.75, 3.05) is 6.61 Å². The minimum atomic E-state index is -1.30. The summed E-state index contributed by atoms with van der Waals surface area (Å²) in [5.74, 6) is -0.659. The van der Waals surface area contributed by atoms with Crippen molar-refractivity contribution < 1.29 is 14.6 Å². The van der Waals surface area contributed by atoms with E-state index in [1.54, 1.807) is 25.1 Å². The Morgan fingerprint density at radius 2 is 2.41 bits per heavy atom. The Labute approximate surface area is 106 Å². The van der Waals surface area contributed by atoms with Crippen LogP contribution >= 0.6 is 15.9 Å². The zero-order valence-corrected chi connectivity index (χ0v) is 10.7. The average Bonchev–Trinajstić information content (AvgIpc) is 2.71. The molecule has 0 aliphatic heterocycles. The molecule has 17 heavy (non-hydrogen) atoms. The van der Waals surface area contributed by atoms with E-state index in [9.17, 15) is 9.90 Å². The highest BCUT2D eigenvalue weighted by molar-refractivity contribution is 9.10. The lowest BCUT2D eigenvalue weighted by molar-refractivity contribution is -0.153. The standard InChI is InChI=1S/C11H11BrN2O3/c1-2-17-11(16)9(15)6-4-3-5-7-8(6)10(12)14-13-7/h3-5,9,15H,2H2,1H3,(H,13,14). The lowest BCUT2D eigenvalue weighted by Crippen LogP contribution is -2.15. The molecule has 90 valence electrons. The molecule has 1 aromatic heterocycles. The van der Waals surface area contributed by atoms with Gasteiger partial charge >= 0.3 is 5.97 Å². The highest BCUT2D eigenvalue weighted by Gasteiger charge is 2.22. The van der Waals surface area contributed by atoms with Gasteiger partial charge in [-0.3, -0.25) is 5.10 Å². The monoisotopic (exact) mass is 298 g/mol. The van der Waals surface area contributed by atoms with Gasteiger partial charge in [0.15, 0.2) is 6.10 Å². The van der Waals surface area contributed by atoms with Crippen LogP contribution in [0.2, 0.25) is 0 Å². The van der Waals surface area contributed by atoms with Crippen molar-refractivity contribution in [1.29, 1.82) is 0 Å². The molecule has 1 unspecified atom stereocenters. The van der Waals surface area contributed by atoms with E-state index in [1.807, 2.05) is 0 Å². The number of hydrogen-bond donors (Lipinski definition) is 2. The van der Waals surface area contributed by atoms with Crippen LogP contribution in [0.15, 0.2) is 22.8 Å². The molecule has 0 aliphatic rings. The first-order valence-corrected chi connectivity index (χ1v) is 5.91. The number of fused-ring (bicyclic) bond motifs is 1. The van der Waals surface area contributed by atoms with Gasteiger partial charge in [-0.2, -0.15) is 5.10 Å². The number of halogens is 1. The first-order chi connectivity index (χ1) is 8.15. The number of benzene rings is 1. The molecule has 2 rings (SSSR count). The maximum atomic E-state index is 11.5. The van der Waals surface area contributed by atoms with Crippen LogP contribution in [0.1, 0.15) is 18.6 Å². The summed E-state index contributed by atoms with van der Waals surface area (Å²) in [5.41, 5.74) is 1.15. The third-order valence-electron chi connectivity index (χ3n) is 2.37. The van der Waals surface area contributed by atoms with Crippen LogP contribution in [-0.2, 0) is 9.53 Å². The second kappa shape index (κ2) is 4.85. The Bertz CT molecular complexity index is 553. The number of aromatic amines is 1. The van der Waals surface area contributed by atoms with Crippen molar-refractivity contribution in [1.82, 2.24) is 10.2 Å². The SMILES string of the molecule is CCOC(=O)C(O)c1cccc2n[nH]c(Br)c12. The number of rotatable bonds is 3. The van der Waals surface area contributed by atoms with Crippen LogP contribution in [0.5, 0.6) is 0 Å². The molecule has 0 fully saturated rings. The number of nitrogens with one attached hydrogen (secondary N) is 1. The zero-order valence-electron chi connectivity index (χ0n) is 9.11. The van der Waals surface area contributed by atoms with Gasteiger partial charge in [0.2, 0.25) is 0 Å². The van der Waals surface area contributed by atoms with E-state index in [4.69, 9.17) is 4.74 Å². The molecule has 2 aromatic rings. The fraction of sp³-hybridized carbons (Fsp3) is 0.273. The summed E-state index contributed by atoms with van der Waals surface area (Å²) in [5, 5.41) is 17.4. The molecule has 0 amide bonds. The number of esters is 1. The van der Waals surface area contributed by atoms with Crippen LogP contribution in [0.25, 0.3) is 10.9 Å². The fourth-order valence-corrected chi connectivity index (χ4v) is 2.15. The molecule has 5 nitrogen and oxygen atoms in total. The van der Waals surface area contributed by atoms with E-state index < -0.39 is 12.1 Å². The molecule has 0 saturated heterocycles. The number of carbonyl (C=O) groups is 1. The van der Waals surface area contributed by atoms with E-state index in [1.165, 1.54) is 0 Å². The Morgan fingerprint density at radius 3 is 3.12 bits per heavy atom. The van der Waals surface area contributed by atoms with Crippen molar-refractivity contribution in [3.05, 3.63) is 28.4 Å². The van der Waals surface area contributed by atoms with Gasteiger partial charge in [0.1, 0.15) is 4.60 Å².